The van der Waals surface area contributed by atoms with Gasteiger partial charge in [0.05, 0.1) is 11.2 Å². The van der Waals surface area contributed by atoms with E-state index in [2.05, 4.69) is 0 Å². The van der Waals surface area contributed by atoms with Gasteiger partial charge in [0.15, 0.2) is 0 Å². The van der Waals surface area contributed by atoms with Crippen LogP contribution in [0.15, 0.2) is 12.2 Å². The summed E-state index contributed by atoms with van der Waals surface area (Å²) in [5.74, 6) is 0. The summed E-state index contributed by atoms with van der Waals surface area (Å²) in [6.45, 7) is 6.97. The molecular weight excluding hydrogens is 140 g/mol. The van der Waals surface area contributed by atoms with Gasteiger partial charge in [0.1, 0.15) is 0 Å². The van der Waals surface area contributed by atoms with Crippen LogP contribution in [0.2, 0.25) is 0 Å². The fraction of sp³-hybridized carbons (Fsp3) is 0.778. The van der Waals surface area contributed by atoms with Crippen molar-refractivity contribution >= 4 is 0 Å². The average Bonchev–Trinajstić information content (AvgIpc) is 1.83. The van der Waals surface area contributed by atoms with E-state index in [9.17, 15) is 10.2 Å². The Morgan fingerprint density at radius 1 is 1.09 bits per heavy atom. The number of hydrogen-bond donors (Lipinski definition) is 2. The van der Waals surface area contributed by atoms with Gasteiger partial charge in [-0.05, 0) is 27.2 Å². The summed E-state index contributed by atoms with van der Waals surface area (Å²) in [5, 5.41) is 18.8. The van der Waals surface area contributed by atoms with Crippen molar-refractivity contribution in [3.8, 4) is 0 Å². The van der Waals surface area contributed by atoms with Crippen LogP contribution in [0.1, 0.15) is 34.1 Å². The predicted octanol–water partition coefficient (Wildman–Crippen LogP) is 1.47. The molecule has 66 valence electrons. The minimum atomic E-state index is -0.834. The summed E-state index contributed by atoms with van der Waals surface area (Å²) in [6, 6.07) is 0. The van der Waals surface area contributed by atoms with E-state index in [1.807, 2.05) is 6.92 Å². The maximum absolute atomic E-state index is 9.49. The second-order valence-electron chi connectivity index (χ2n) is 3.70. The molecule has 0 aromatic carbocycles. The molecule has 2 heteroatoms. The van der Waals surface area contributed by atoms with Crippen LogP contribution in [0.3, 0.4) is 0 Å². The molecule has 0 spiro atoms. The second-order valence-corrected chi connectivity index (χ2v) is 3.70. The summed E-state index contributed by atoms with van der Waals surface area (Å²) >= 11 is 0. The van der Waals surface area contributed by atoms with Gasteiger partial charge in [-0.15, -0.1) is 0 Å². The van der Waals surface area contributed by atoms with Gasteiger partial charge in [0.2, 0.25) is 0 Å². The van der Waals surface area contributed by atoms with E-state index in [1.54, 1.807) is 32.9 Å². The monoisotopic (exact) mass is 158 g/mol. The maximum atomic E-state index is 9.49. The van der Waals surface area contributed by atoms with Crippen LogP contribution in [0.5, 0.6) is 0 Å². The Kier molecular flexibility index (Phi) is 3.27. The fourth-order valence-corrected chi connectivity index (χ4v) is 0.501. The molecule has 0 aliphatic rings. The van der Waals surface area contributed by atoms with E-state index in [1.165, 1.54) is 0 Å². The van der Waals surface area contributed by atoms with Gasteiger partial charge in [0, 0.05) is 0 Å². The second kappa shape index (κ2) is 3.37. The van der Waals surface area contributed by atoms with E-state index < -0.39 is 11.2 Å². The standard InChI is InChI=1S/C9H18O2/c1-5-9(4,11)7-6-8(2,3)10/h6-7,10-11H,5H2,1-4H3. The first kappa shape index (κ1) is 10.7. The van der Waals surface area contributed by atoms with E-state index in [0.29, 0.717) is 6.42 Å². The van der Waals surface area contributed by atoms with Gasteiger partial charge in [-0.25, -0.2) is 0 Å². The SMILES string of the molecule is CCC(C)(O)C=CC(C)(C)O. The zero-order valence-electron chi connectivity index (χ0n) is 7.76. The average molecular weight is 158 g/mol. The third-order valence-electron chi connectivity index (χ3n) is 1.57. The molecule has 0 heterocycles. The molecule has 0 amide bonds. The molecule has 0 aromatic heterocycles. The van der Waals surface area contributed by atoms with Crippen LogP contribution < -0.4 is 0 Å². The Hall–Kier alpha value is -0.340. The summed E-state index contributed by atoms with van der Waals surface area (Å²) in [4.78, 5) is 0. The normalized spacial score (nSPS) is 18.7. The van der Waals surface area contributed by atoms with Crippen molar-refractivity contribution in [1.82, 2.24) is 0 Å². The van der Waals surface area contributed by atoms with Gasteiger partial charge in [-0.1, -0.05) is 19.1 Å². The smallest absolute Gasteiger partial charge is 0.0798 e. The van der Waals surface area contributed by atoms with E-state index >= 15 is 0 Å². The number of hydrogen-bond acceptors (Lipinski definition) is 2. The molecule has 0 bridgehead atoms. The maximum Gasteiger partial charge on any atom is 0.0798 e. The highest BCUT2D eigenvalue weighted by Gasteiger charge is 2.15. The lowest BCUT2D eigenvalue weighted by molar-refractivity contribution is 0.0979. The Morgan fingerprint density at radius 2 is 1.55 bits per heavy atom. The molecule has 2 N–H and O–H groups in total. The molecule has 0 fully saturated rings. The van der Waals surface area contributed by atoms with E-state index in [0.717, 1.165) is 0 Å². The minimum Gasteiger partial charge on any atom is -0.386 e. The van der Waals surface area contributed by atoms with E-state index in [-0.39, 0.29) is 0 Å². The number of rotatable bonds is 3. The van der Waals surface area contributed by atoms with Crippen LogP contribution in [-0.2, 0) is 0 Å². The Labute approximate surface area is 68.6 Å². The first-order valence-electron chi connectivity index (χ1n) is 3.92. The zero-order valence-corrected chi connectivity index (χ0v) is 7.76. The Balaban J connectivity index is 4.13. The molecule has 0 aliphatic carbocycles. The third-order valence-corrected chi connectivity index (χ3v) is 1.57. The van der Waals surface area contributed by atoms with E-state index in [4.69, 9.17) is 0 Å². The molecule has 0 aliphatic heterocycles. The molecule has 0 radical (unpaired) electrons. The Bertz CT molecular complexity index is 140. The molecule has 0 aromatic rings. The first-order valence-corrected chi connectivity index (χ1v) is 3.92. The molecular formula is C9H18O2. The summed E-state index contributed by atoms with van der Waals surface area (Å²) in [5.41, 5.74) is -1.63. The molecule has 1 unspecified atom stereocenters. The van der Waals surface area contributed by atoms with Crippen molar-refractivity contribution < 1.29 is 10.2 Å². The largest absolute Gasteiger partial charge is 0.386 e. The van der Waals surface area contributed by atoms with Crippen LogP contribution in [-0.4, -0.2) is 21.4 Å². The van der Waals surface area contributed by atoms with Gasteiger partial charge in [0.25, 0.3) is 0 Å². The summed E-state index contributed by atoms with van der Waals surface area (Å²) in [6.07, 6.45) is 3.89. The highest BCUT2D eigenvalue weighted by Crippen LogP contribution is 2.13. The topological polar surface area (TPSA) is 40.5 Å². The lowest BCUT2D eigenvalue weighted by atomic mass is 9.99. The van der Waals surface area contributed by atoms with Crippen LogP contribution in [0.4, 0.5) is 0 Å². The summed E-state index contributed by atoms with van der Waals surface area (Å²) in [7, 11) is 0. The minimum absolute atomic E-state index is 0.652. The van der Waals surface area contributed by atoms with Crippen molar-refractivity contribution in [2.45, 2.75) is 45.3 Å². The van der Waals surface area contributed by atoms with Crippen molar-refractivity contribution in [3.05, 3.63) is 12.2 Å². The lowest BCUT2D eigenvalue weighted by Crippen LogP contribution is -2.22. The van der Waals surface area contributed by atoms with Crippen molar-refractivity contribution in [1.29, 1.82) is 0 Å². The van der Waals surface area contributed by atoms with Gasteiger partial charge < -0.3 is 10.2 Å². The Morgan fingerprint density at radius 3 is 1.82 bits per heavy atom. The molecule has 11 heavy (non-hydrogen) atoms. The third kappa shape index (κ3) is 6.07. The van der Waals surface area contributed by atoms with Gasteiger partial charge in [-0.2, -0.15) is 0 Å². The fourth-order valence-electron chi connectivity index (χ4n) is 0.501. The van der Waals surface area contributed by atoms with Gasteiger partial charge >= 0.3 is 0 Å². The number of aliphatic hydroxyl groups is 2. The zero-order chi connectivity index (χ0) is 9.12. The highest BCUT2D eigenvalue weighted by atomic mass is 16.3. The van der Waals surface area contributed by atoms with Crippen molar-refractivity contribution in [3.63, 3.8) is 0 Å². The van der Waals surface area contributed by atoms with Crippen LogP contribution >= 0.6 is 0 Å². The first-order chi connectivity index (χ1) is 4.77. The lowest BCUT2D eigenvalue weighted by Gasteiger charge is -2.18. The van der Waals surface area contributed by atoms with Crippen LogP contribution in [0.25, 0.3) is 0 Å². The quantitative estimate of drug-likeness (QED) is 0.611. The van der Waals surface area contributed by atoms with Crippen molar-refractivity contribution in [2.24, 2.45) is 0 Å². The molecule has 0 saturated carbocycles. The predicted molar refractivity (Wildman–Crippen MR) is 46.4 cm³/mol. The summed E-state index contributed by atoms with van der Waals surface area (Å²) < 4.78 is 0. The highest BCUT2D eigenvalue weighted by molar-refractivity contribution is 5.04. The molecule has 1 atom stereocenters. The van der Waals surface area contributed by atoms with Gasteiger partial charge in [-0.3, -0.25) is 0 Å². The molecule has 0 rings (SSSR count). The van der Waals surface area contributed by atoms with Crippen molar-refractivity contribution in [2.75, 3.05) is 0 Å². The molecule has 2 nitrogen and oxygen atoms in total. The molecule has 0 saturated heterocycles. The van der Waals surface area contributed by atoms with Crippen LogP contribution in [0, 0.1) is 0 Å².